The second-order valence-corrected chi connectivity index (χ2v) is 11.3. The van der Waals surface area contributed by atoms with Crippen LogP contribution in [0, 0.1) is 0 Å². The summed E-state index contributed by atoms with van der Waals surface area (Å²) < 4.78 is 4.81. The Morgan fingerprint density at radius 2 is 1.14 bits per heavy atom. The molecule has 8 aromatic rings. The van der Waals surface area contributed by atoms with Crippen molar-refractivity contribution >= 4 is 44.5 Å². The number of aromatic nitrogens is 5. The first-order valence-electron chi connectivity index (χ1n) is 15.0. The molecule has 0 atom stereocenters. The lowest BCUT2D eigenvalue weighted by atomic mass is 9.99. The number of benzene rings is 4. The van der Waals surface area contributed by atoms with Gasteiger partial charge in [-0.15, -0.1) is 0 Å². The van der Waals surface area contributed by atoms with E-state index in [1.807, 2.05) is 42.7 Å². The Morgan fingerprint density at radius 3 is 1.84 bits per heavy atom. The molecule has 4 aromatic carbocycles. The van der Waals surface area contributed by atoms with E-state index in [0.717, 1.165) is 41.0 Å². The zero-order valence-electron chi connectivity index (χ0n) is 23.9. The SMILES string of the molecule is C1=C(n2c3ccccc3c3ccccc32)CCc2c1c1ccccc1n2-c1cc(-c2ccncc2)nc(-c2ccccc2)n1. The molecule has 0 N–H and O–H groups in total. The summed E-state index contributed by atoms with van der Waals surface area (Å²) in [6.45, 7) is 0. The van der Waals surface area contributed by atoms with Gasteiger partial charge in [-0.25, -0.2) is 9.97 Å². The highest BCUT2D eigenvalue weighted by Gasteiger charge is 2.24. The van der Waals surface area contributed by atoms with Crippen LogP contribution in [0.15, 0.2) is 134 Å². The van der Waals surface area contributed by atoms with Gasteiger partial charge in [-0.2, -0.15) is 0 Å². The number of allylic oxidation sites excluding steroid dienone is 1. The molecule has 0 spiro atoms. The summed E-state index contributed by atoms with van der Waals surface area (Å²) in [6.07, 6.45) is 7.84. The number of rotatable bonds is 4. The van der Waals surface area contributed by atoms with E-state index in [-0.39, 0.29) is 0 Å². The van der Waals surface area contributed by atoms with Gasteiger partial charge in [0.2, 0.25) is 0 Å². The molecule has 1 aliphatic rings. The van der Waals surface area contributed by atoms with Crippen LogP contribution in [0.25, 0.3) is 72.9 Å². The molecule has 4 aromatic heterocycles. The summed E-state index contributed by atoms with van der Waals surface area (Å²) in [4.78, 5) is 14.4. The van der Waals surface area contributed by atoms with Gasteiger partial charge in [-0.3, -0.25) is 9.55 Å². The Labute approximate surface area is 254 Å². The van der Waals surface area contributed by atoms with Crippen molar-refractivity contribution < 1.29 is 0 Å². The number of para-hydroxylation sites is 3. The summed E-state index contributed by atoms with van der Waals surface area (Å²) >= 11 is 0. The van der Waals surface area contributed by atoms with Crippen molar-refractivity contribution in [1.29, 1.82) is 0 Å². The Kier molecular flexibility index (Phi) is 5.56. The van der Waals surface area contributed by atoms with Gasteiger partial charge in [0.05, 0.1) is 22.2 Å². The molecule has 0 unspecified atom stereocenters. The van der Waals surface area contributed by atoms with Gasteiger partial charge >= 0.3 is 0 Å². The maximum Gasteiger partial charge on any atom is 0.162 e. The van der Waals surface area contributed by atoms with Crippen molar-refractivity contribution in [2.45, 2.75) is 12.8 Å². The average molecular weight is 566 g/mol. The third-order valence-corrected chi connectivity index (χ3v) is 8.76. The molecule has 0 amide bonds. The lowest BCUT2D eigenvalue weighted by Gasteiger charge is -2.20. The quantitative estimate of drug-likeness (QED) is 0.214. The number of nitrogens with zero attached hydrogens (tertiary/aromatic N) is 5. The summed E-state index contributed by atoms with van der Waals surface area (Å²) in [5.41, 5.74) is 10.4. The maximum absolute atomic E-state index is 5.19. The van der Waals surface area contributed by atoms with Gasteiger partial charge in [-0.1, -0.05) is 84.9 Å². The zero-order chi connectivity index (χ0) is 29.0. The van der Waals surface area contributed by atoms with Gasteiger partial charge in [0.15, 0.2) is 5.82 Å². The summed E-state index contributed by atoms with van der Waals surface area (Å²) in [5.74, 6) is 1.58. The van der Waals surface area contributed by atoms with Crippen molar-refractivity contribution in [1.82, 2.24) is 24.1 Å². The minimum absolute atomic E-state index is 0.707. The molecule has 0 saturated carbocycles. The summed E-state index contributed by atoms with van der Waals surface area (Å²) in [6, 6.07) is 42.5. The van der Waals surface area contributed by atoms with Crippen LogP contribution in [0.3, 0.4) is 0 Å². The van der Waals surface area contributed by atoms with Gasteiger partial charge in [0.25, 0.3) is 0 Å². The highest BCUT2D eigenvalue weighted by molar-refractivity contribution is 6.11. The second-order valence-electron chi connectivity index (χ2n) is 11.3. The van der Waals surface area contributed by atoms with E-state index in [1.54, 1.807) is 0 Å². The molecule has 0 aliphatic heterocycles. The van der Waals surface area contributed by atoms with E-state index in [2.05, 4.69) is 111 Å². The lowest BCUT2D eigenvalue weighted by molar-refractivity contribution is 0.857. The maximum atomic E-state index is 5.19. The molecule has 44 heavy (non-hydrogen) atoms. The van der Waals surface area contributed by atoms with Crippen LogP contribution in [0.5, 0.6) is 0 Å². The molecular weight excluding hydrogens is 538 g/mol. The highest BCUT2D eigenvalue weighted by Crippen LogP contribution is 2.40. The van der Waals surface area contributed by atoms with Crippen LogP contribution in [-0.2, 0) is 6.42 Å². The van der Waals surface area contributed by atoms with Crippen LogP contribution in [0.4, 0.5) is 0 Å². The minimum atomic E-state index is 0.707. The largest absolute Gasteiger partial charge is 0.313 e. The first-order chi connectivity index (χ1) is 21.8. The molecular formula is C39H27N5. The predicted molar refractivity (Wildman–Crippen MR) is 179 cm³/mol. The summed E-state index contributed by atoms with van der Waals surface area (Å²) in [7, 11) is 0. The number of pyridine rings is 1. The van der Waals surface area contributed by atoms with E-state index in [0.29, 0.717) is 5.82 Å². The minimum Gasteiger partial charge on any atom is -0.313 e. The third kappa shape index (κ3) is 3.83. The van der Waals surface area contributed by atoms with E-state index in [4.69, 9.17) is 9.97 Å². The first kappa shape index (κ1) is 24.8. The van der Waals surface area contributed by atoms with Crippen LogP contribution < -0.4 is 0 Å². The molecule has 0 fully saturated rings. The van der Waals surface area contributed by atoms with Gasteiger partial charge in [-0.05, 0) is 49.2 Å². The van der Waals surface area contributed by atoms with Gasteiger partial charge < -0.3 is 4.57 Å². The summed E-state index contributed by atoms with van der Waals surface area (Å²) in [5, 5.41) is 3.80. The van der Waals surface area contributed by atoms with Crippen LogP contribution in [0.2, 0.25) is 0 Å². The van der Waals surface area contributed by atoms with Crippen molar-refractivity contribution in [3.8, 4) is 28.5 Å². The second kappa shape index (κ2) is 9.89. The van der Waals surface area contributed by atoms with Crippen molar-refractivity contribution in [2.24, 2.45) is 0 Å². The number of fused-ring (bicyclic) bond motifs is 6. The molecule has 1 aliphatic carbocycles. The van der Waals surface area contributed by atoms with Gasteiger partial charge in [0, 0.05) is 62.7 Å². The predicted octanol–water partition coefficient (Wildman–Crippen LogP) is 9.20. The third-order valence-electron chi connectivity index (χ3n) is 8.76. The van der Waals surface area contributed by atoms with E-state index in [1.165, 1.54) is 44.1 Å². The lowest BCUT2D eigenvalue weighted by Crippen LogP contribution is -2.10. The van der Waals surface area contributed by atoms with E-state index < -0.39 is 0 Å². The fourth-order valence-corrected chi connectivity index (χ4v) is 6.82. The average Bonchev–Trinajstić information content (AvgIpc) is 3.61. The number of hydrogen-bond acceptors (Lipinski definition) is 3. The first-order valence-corrected chi connectivity index (χ1v) is 15.0. The Hall–Kier alpha value is -5.81. The topological polar surface area (TPSA) is 48.5 Å². The van der Waals surface area contributed by atoms with Crippen LogP contribution >= 0.6 is 0 Å². The monoisotopic (exact) mass is 565 g/mol. The van der Waals surface area contributed by atoms with Gasteiger partial charge in [0.1, 0.15) is 5.82 Å². The van der Waals surface area contributed by atoms with E-state index in [9.17, 15) is 0 Å². The Balaban J connectivity index is 1.29. The normalized spacial score (nSPS) is 13.0. The standard InChI is InChI=1S/C39H27N5/c1-2-10-27(11-3-1)39-41-33(26-20-22-40-23-21-26)25-38(42-39)44-36-17-9-6-14-31(36)32-24-28(18-19-37(32)44)43-34-15-7-4-12-29(34)30-13-5-8-16-35(30)43/h1-17,20-25H,18-19H2. The molecule has 0 radical (unpaired) electrons. The molecule has 9 rings (SSSR count). The molecule has 4 heterocycles. The zero-order valence-corrected chi connectivity index (χ0v) is 23.9. The molecule has 5 nitrogen and oxygen atoms in total. The molecule has 0 saturated heterocycles. The molecule has 0 bridgehead atoms. The van der Waals surface area contributed by atoms with Crippen molar-refractivity contribution in [3.05, 3.63) is 145 Å². The Bertz CT molecular complexity index is 2270. The smallest absolute Gasteiger partial charge is 0.162 e. The fraction of sp³-hybridized carbons (Fsp3) is 0.0513. The van der Waals surface area contributed by atoms with E-state index >= 15 is 0 Å². The number of hydrogen-bond donors (Lipinski definition) is 0. The van der Waals surface area contributed by atoms with Crippen LogP contribution in [-0.4, -0.2) is 24.1 Å². The van der Waals surface area contributed by atoms with Crippen molar-refractivity contribution in [3.63, 3.8) is 0 Å². The fourth-order valence-electron chi connectivity index (χ4n) is 6.82. The Morgan fingerprint density at radius 1 is 0.523 bits per heavy atom. The molecule has 5 heteroatoms. The highest BCUT2D eigenvalue weighted by atomic mass is 15.1. The van der Waals surface area contributed by atoms with Crippen LogP contribution in [0.1, 0.15) is 17.7 Å². The molecule has 208 valence electrons. The van der Waals surface area contributed by atoms with Crippen molar-refractivity contribution in [2.75, 3.05) is 0 Å².